The molecule has 0 radical (unpaired) electrons. The van der Waals surface area contributed by atoms with E-state index in [1.54, 1.807) is 18.2 Å². The van der Waals surface area contributed by atoms with E-state index in [0.717, 1.165) is 23.6 Å². The molecular weight excluding hydrogens is 500 g/mol. The summed E-state index contributed by atoms with van der Waals surface area (Å²) in [6.45, 7) is 11.6. The Morgan fingerprint density at radius 2 is 1.76 bits per heavy atom. The van der Waals surface area contributed by atoms with Gasteiger partial charge in [-0.2, -0.15) is 5.26 Å². The summed E-state index contributed by atoms with van der Waals surface area (Å²) in [4.78, 5) is 12.6. The van der Waals surface area contributed by atoms with Gasteiger partial charge >= 0.3 is 0 Å². The van der Waals surface area contributed by atoms with E-state index in [-0.39, 0.29) is 11.0 Å². The van der Waals surface area contributed by atoms with Gasteiger partial charge in [0.15, 0.2) is 11.5 Å². The van der Waals surface area contributed by atoms with Gasteiger partial charge < -0.3 is 14.2 Å². The fourth-order valence-corrected chi connectivity index (χ4v) is 4.30. The van der Waals surface area contributed by atoms with Crippen LogP contribution in [0.1, 0.15) is 57.2 Å². The number of carbonyl (C=O) groups is 1. The van der Waals surface area contributed by atoms with E-state index < -0.39 is 5.91 Å². The zero-order valence-electron chi connectivity index (χ0n) is 22.5. The number of rotatable bonds is 12. The Kier molecular flexibility index (Phi) is 10.3. The molecule has 0 bridgehead atoms. The number of carbonyl (C=O) groups excluding carboxylic acids is 1. The van der Waals surface area contributed by atoms with Crippen LogP contribution in [0.2, 0.25) is 0 Å². The minimum Gasteiger partial charge on any atom is -0.490 e. The number of amides is 1. The van der Waals surface area contributed by atoms with Crippen molar-refractivity contribution in [3.63, 3.8) is 0 Å². The third-order valence-electron chi connectivity index (χ3n) is 5.42. The Morgan fingerprint density at radius 3 is 2.42 bits per heavy atom. The zero-order valence-corrected chi connectivity index (χ0v) is 23.4. The number of hydrogen-bond acceptors (Lipinski definition) is 8. The number of anilines is 1. The largest absolute Gasteiger partial charge is 0.490 e. The summed E-state index contributed by atoms with van der Waals surface area (Å²) in [5, 5.41) is 21.4. The topological polar surface area (TPSA) is 106 Å². The SMILES string of the molecule is CCCc1nnc(NC(=O)/C(C#N)=C\c2ccc(OCCOc3ccc(C(C)(C)C)cc3)c(OCC)c2)s1. The number of aromatic nitrogens is 2. The summed E-state index contributed by atoms with van der Waals surface area (Å²) in [5.41, 5.74) is 1.91. The molecule has 0 unspecified atom stereocenters. The molecule has 1 aromatic heterocycles. The number of aryl methyl sites for hydroxylation is 1. The van der Waals surface area contributed by atoms with Crippen LogP contribution in [0, 0.1) is 11.3 Å². The van der Waals surface area contributed by atoms with E-state index in [4.69, 9.17) is 14.2 Å². The third kappa shape index (κ3) is 8.32. The van der Waals surface area contributed by atoms with Gasteiger partial charge in [-0.3, -0.25) is 10.1 Å². The van der Waals surface area contributed by atoms with E-state index >= 15 is 0 Å². The molecule has 1 heterocycles. The highest BCUT2D eigenvalue weighted by atomic mass is 32.1. The first-order valence-electron chi connectivity index (χ1n) is 12.6. The standard InChI is InChI=1S/C29H34N4O4S/c1-6-8-26-32-33-28(38-26)31-27(34)21(19-30)17-20-9-14-24(25(18-20)35-7-2)37-16-15-36-23-12-10-22(11-13-23)29(3,4)5/h9-14,17-18H,6-8,15-16H2,1-5H3,(H,31,33,34)/b21-17-. The predicted octanol–water partition coefficient (Wildman–Crippen LogP) is 6.19. The van der Waals surface area contributed by atoms with E-state index in [9.17, 15) is 10.1 Å². The number of nitrogens with zero attached hydrogens (tertiary/aromatic N) is 3. The van der Waals surface area contributed by atoms with Gasteiger partial charge in [-0.15, -0.1) is 10.2 Å². The molecule has 3 aromatic rings. The molecule has 200 valence electrons. The first-order valence-corrected chi connectivity index (χ1v) is 13.4. The molecule has 0 aliphatic rings. The van der Waals surface area contributed by atoms with Crippen LogP contribution in [0.15, 0.2) is 48.0 Å². The van der Waals surface area contributed by atoms with Crippen molar-refractivity contribution in [1.82, 2.24) is 10.2 Å². The molecule has 0 saturated carbocycles. The minimum absolute atomic E-state index is 0.0563. The highest BCUT2D eigenvalue weighted by Crippen LogP contribution is 2.30. The Labute approximate surface area is 228 Å². The first-order chi connectivity index (χ1) is 18.2. The highest BCUT2D eigenvalue weighted by Gasteiger charge is 2.15. The molecule has 0 atom stereocenters. The third-order valence-corrected chi connectivity index (χ3v) is 6.32. The van der Waals surface area contributed by atoms with Crippen LogP contribution in [0.3, 0.4) is 0 Å². The molecule has 1 amide bonds. The molecular formula is C29H34N4O4S. The van der Waals surface area contributed by atoms with Crippen LogP contribution >= 0.6 is 11.3 Å². The number of nitrogens with one attached hydrogen (secondary N) is 1. The Balaban J connectivity index is 1.61. The maximum Gasteiger partial charge on any atom is 0.268 e. The van der Waals surface area contributed by atoms with Crippen LogP contribution in [-0.4, -0.2) is 35.9 Å². The fraction of sp³-hybridized carbons (Fsp3) is 0.379. The second-order valence-electron chi connectivity index (χ2n) is 9.49. The van der Waals surface area contributed by atoms with Crippen LogP contribution in [0.5, 0.6) is 17.2 Å². The van der Waals surface area contributed by atoms with Gasteiger partial charge in [0.1, 0.15) is 35.6 Å². The zero-order chi connectivity index (χ0) is 27.5. The van der Waals surface area contributed by atoms with Crippen molar-refractivity contribution in [2.24, 2.45) is 0 Å². The van der Waals surface area contributed by atoms with Crippen LogP contribution in [-0.2, 0) is 16.6 Å². The van der Waals surface area contributed by atoms with Crippen LogP contribution in [0.25, 0.3) is 6.08 Å². The van der Waals surface area contributed by atoms with Crippen molar-refractivity contribution in [3.05, 3.63) is 64.2 Å². The van der Waals surface area contributed by atoms with Crippen molar-refractivity contribution < 1.29 is 19.0 Å². The van der Waals surface area contributed by atoms with Crippen LogP contribution in [0.4, 0.5) is 5.13 Å². The van der Waals surface area contributed by atoms with Gasteiger partial charge in [-0.1, -0.05) is 57.2 Å². The van der Waals surface area contributed by atoms with Crippen molar-refractivity contribution in [3.8, 4) is 23.3 Å². The van der Waals surface area contributed by atoms with E-state index in [0.29, 0.717) is 42.0 Å². The lowest BCUT2D eigenvalue weighted by atomic mass is 9.87. The lowest BCUT2D eigenvalue weighted by molar-refractivity contribution is -0.112. The maximum atomic E-state index is 12.6. The summed E-state index contributed by atoms with van der Waals surface area (Å²) in [6, 6.07) is 15.3. The van der Waals surface area contributed by atoms with Gasteiger partial charge in [0.05, 0.1) is 6.61 Å². The minimum atomic E-state index is -0.544. The Bertz CT molecular complexity index is 1290. The molecule has 0 aliphatic heterocycles. The van der Waals surface area contributed by atoms with Gasteiger partial charge in [0.25, 0.3) is 5.91 Å². The smallest absolute Gasteiger partial charge is 0.268 e. The second kappa shape index (κ2) is 13.6. The molecule has 2 aromatic carbocycles. The van der Waals surface area contributed by atoms with E-state index in [2.05, 4.69) is 48.4 Å². The molecule has 38 heavy (non-hydrogen) atoms. The predicted molar refractivity (Wildman–Crippen MR) is 150 cm³/mol. The normalized spacial score (nSPS) is 11.5. The first kappa shape index (κ1) is 28.7. The summed E-state index contributed by atoms with van der Waals surface area (Å²) in [7, 11) is 0. The second-order valence-corrected chi connectivity index (χ2v) is 10.5. The molecule has 0 aliphatic carbocycles. The van der Waals surface area contributed by atoms with Gasteiger partial charge in [-0.05, 0) is 60.2 Å². The Morgan fingerprint density at radius 1 is 1.03 bits per heavy atom. The van der Waals surface area contributed by atoms with E-state index in [1.807, 2.05) is 32.0 Å². The molecule has 3 rings (SSSR count). The average molecular weight is 535 g/mol. The molecule has 9 heteroatoms. The summed E-state index contributed by atoms with van der Waals surface area (Å²) >= 11 is 1.30. The average Bonchev–Trinajstić information content (AvgIpc) is 3.33. The fourth-order valence-electron chi connectivity index (χ4n) is 3.46. The number of hydrogen-bond donors (Lipinski definition) is 1. The van der Waals surface area contributed by atoms with Crippen molar-refractivity contribution >= 4 is 28.5 Å². The number of nitriles is 1. The van der Waals surface area contributed by atoms with Crippen molar-refractivity contribution in [2.45, 2.75) is 52.9 Å². The summed E-state index contributed by atoms with van der Waals surface area (Å²) in [5.74, 6) is 1.31. The Hall–Kier alpha value is -3.90. The monoisotopic (exact) mass is 534 g/mol. The molecule has 0 spiro atoms. The quantitative estimate of drug-likeness (QED) is 0.168. The van der Waals surface area contributed by atoms with Gasteiger partial charge in [0, 0.05) is 6.42 Å². The summed E-state index contributed by atoms with van der Waals surface area (Å²) in [6.07, 6.45) is 3.23. The van der Waals surface area contributed by atoms with Crippen molar-refractivity contribution in [1.29, 1.82) is 5.26 Å². The lowest BCUT2D eigenvalue weighted by Gasteiger charge is -2.19. The van der Waals surface area contributed by atoms with Gasteiger partial charge in [-0.25, -0.2) is 0 Å². The van der Waals surface area contributed by atoms with Crippen molar-refractivity contribution in [2.75, 3.05) is 25.1 Å². The molecule has 1 N–H and O–H groups in total. The summed E-state index contributed by atoms with van der Waals surface area (Å²) < 4.78 is 17.4. The maximum absolute atomic E-state index is 12.6. The molecule has 8 nitrogen and oxygen atoms in total. The molecule has 0 saturated heterocycles. The molecule has 0 fully saturated rings. The number of benzene rings is 2. The van der Waals surface area contributed by atoms with Gasteiger partial charge in [0.2, 0.25) is 5.13 Å². The highest BCUT2D eigenvalue weighted by molar-refractivity contribution is 7.15. The van der Waals surface area contributed by atoms with E-state index in [1.165, 1.54) is 23.0 Å². The number of ether oxygens (including phenoxy) is 3. The lowest BCUT2D eigenvalue weighted by Crippen LogP contribution is -2.13. The van der Waals surface area contributed by atoms with Crippen LogP contribution < -0.4 is 19.5 Å².